The fraction of sp³-hybridized carbons (Fsp3) is 0.714. The van der Waals surface area contributed by atoms with Gasteiger partial charge in [0.1, 0.15) is 5.82 Å². The fourth-order valence-corrected chi connectivity index (χ4v) is 3.18. The molecular formula is C14H23N5. The van der Waals surface area contributed by atoms with E-state index < -0.39 is 0 Å². The maximum Gasteiger partial charge on any atom is 0.224 e. The molecule has 3 rings (SSSR count). The van der Waals surface area contributed by atoms with Gasteiger partial charge in [0.05, 0.1) is 0 Å². The van der Waals surface area contributed by atoms with Gasteiger partial charge in [-0.3, -0.25) is 4.90 Å². The molecule has 1 atom stereocenters. The van der Waals surface area contributed by atoms with E-state index in [1.165, 1.54) is 32.4 Å². The molecule has 1 N–H and O–H groups in total. The van der Waals surface area contributed by atoms with Gasteiger partial charge in [0.15, 0.2) is 0 Å². The number of hydrogen-bond acceptors (Lipinski definition) is 5. The first kappa shape index (κ1) is 12.7. The molecule has 1 aromatic rings. The topological polar surface area (TPSA) is 44.3 Å². The third kappa shape index (κ3) is 2.66. The number of nitrogens with one attached hydrogen (secondary N) is 1. The van der Waals surface area contributed by atoms with Gasteiger partial charge in [-0.15, -0.1) is 0 Å². The van der Waals surface area contributed by atoms with Crippen molar-refractivity contribution >= 4 is 11.8 Å². The van der Waals surface area contributed by atoms with Gasteiger partial charge in [0, 0.05) is 37.9 Å². The summed E-state index contributed by atoms with van der Waals surface area (Å²) in [4.78, 5) is 14.0. The summed E-state index contributed by atoms with van der Waals surface area (Å²) in [6, 6.07) is 2.81. The van der Waals surface area contributed by atoms with Gasteiger partial charge in [0.2, 0.25) is 5.95 Å². The molecule has 0 radical (unpaired) electrons. The molecule has 0 spiro atoms. The second kappa shape index (κ2) is 5.33. The van der Waals surface area contributed by atoms with E-state index in [4.69, 9.17) is 0 Å². The predicted octanol–water partition coefficient (Wildman–Crippen LogP) is 1.50. The summed E-state index contributed by atoms with van der Waals surface area (Å²) in [6.45, 7) is 6.81. The van der Waals surface area contributed by atoms with Crippen LogP contribution in [0.3, 0.4) is 0 Å². The maximum atomic E-state index is 4.58. The van der Waals surface area contributed by atoms with Crippen molar-refractivity contribution in [2.24, 2.45) is 0 Å². The normalized spacial score (nSPS) is 24.1. The van der Waals surface area contributed by atoms with Gasteiger partial charge in [-0.2, -0.15) is 4.98 Å². The number of anilines is 2. The van der Waals surface area contributed by atoms with Crippen LogP contribution in [0.4, 0.5) is 11.8 Å². The molecule has 2 aliphatic heterocycles. The van der Waals surface area contributed by atoms with Crippen molar-refractivity contribution in [1.29, 1.82) is 0 Å². The quantitative estimate of drug-likeness (QED) is 0.893. The fourth-order valence-electron chi connectivity index (χ4n) is 3.18. The Morgan fingerprint density at radius 2 is 2.00 bits per heavy atom. The van der Waals surface area contributed by atoms with Gasteiger partial charge in [-0.25, -0.2) is 4.98 Å². The summed E-state index contributed by atoms with van der Waals surface area (Å²) in [7, 11) is 1.87. The van der Waals surface area contributed by atoms with Crippen LogP contribution in [0.25, 0.3) is 0 Å². The molecule has 2 saturated heterocycles. The van der Waals surface area contributed by atoms with Crippen molar-refractivity contribution in [3.8, 4) is 0 Å². The van der Waals surface area contributed by atoms with E-state index in [0.29, 0.717) is 0 Å². The highest BCUT2D eigenvalue weighted by Crippen LogP contribution is 2.25. The van der Waals surface area contributed by atoms with E-state index in [-0.39, 0.29) is 0 Å². The van der Waals surface area contributed by atoms with Crippen molar-refractivity contribution in [1.82, 2.24) is 14.9 Å². The SMILES string of the molecule is CNc1nc(C)cc(N2CCC(N3CCCC3)C2)n1. The van der Waals surface area contributed by atoms with Gasteiger partial charge in [0.25, 0.3) is 0 Å². The molecular weight excluding hydrogens is 238 g/mol. The number of nitrogens with zero attached hydrogens (tertiary/aromatic N) is 4. The minimum atomic E-state index is 0.718. The highest BCUT2D eigenvalue weighted by atomic mass is 15.3. The number of likely N-dealkylation sites (tertiary alicyclic amines) is 1. The van der Waals surface area contributed by atoms with Crippen LogP contribution in [0.15, 0.2) is 6.07 Å². The molecule has 5 nitrogen and oxygen atoms in total. The zero-order chi connectivity index (χ0) is 13.2. The third-order valence-electron chi connectivity index (χ3n) is 4.21. The van der Waals surface area contributed by atoms with Crippen molar-refractivity contribution in [2.75, 3.05) is 43.4 Å². The molecule has 5 heteroatoms. The lowest BCUT2D eigenvalue weighted by atomic mass is 10.2. The summed E-state index contributed by atoms with van der Waals surface area (Å²) >= 11 is 0. The van der Waals surface area contributed by atoms with Crippen LogP contribution in [0.5, 0.6) is 0 Å². The molecule has 104 valence electrons. The molecule has 0 bridgehead atoms. The van der Waals surface area contributed by atoms with E-state index in [1.54, 1.807) is 0 Å². The van der Waals surface area contributed by atoms with E-state index in [2.05, 4.69) is 31.2 Å². The summed E-state index contributed by atoms with van der Waals surface area (Å²) < 4.78 is 0. The molecule has 1 unspecified atom stereocenters. The monoisotopic (exact) mass is 261 g/mol. The first-order valence-electron chi connectivity index (χ1n) is 7.28. The lowest BCUT2D eigenvalue weighted by molar-refractivity contribution is 0.260. The van der Waals surface area contributed by atoms with Crippen LogP contribution < -0.4 is 10.2 Å². The summed E-state index contributed by atoms with van der Waals surface area (Å²) in [5, 5.41) is 3.04. The van der Waals surface area contributed by atoms with E-state index >= 15 is 0 Å². The Labute approximate surface area is 115 Å². The number of hydrogen-bond donors (Lipinski definition) is 1. The molecule has 1 aromatic heterocycles. The van der Waals surface area contributed by atoms with Crippen LogP contribution in [0.1, 0.15) is 25.0 Å². The van der Waals surface area contributed by atoms with Crippen molar-refractivity contribution in [2.45, 2.75) is 32.2 Å². The van der Waals surface area contributed by atoms with Gasteiger partial charge in [-0.1, -0.05) is 0 Å². The van der Waals surface area contributed by atoms with Crippen LogP contribution in [0.2, 0.25) is 0 Å². The summed E-state index contributed by atoms with van der Waals surface area (Å²) in [5.41, 5.74) is 1.03. The molecule has 2 aliphatic rings. The van der Waals surface area contributed by atoms with Gasteiger partial charge in [-0.05, 0) is 39.3 Å². The Balaban J connectivity index is 1.71. The van der Waals surface area contributed by atoms with E-state index in [0.717, 1.165) is 36.6 Å². The molecule has 2 fully saturated rings. The predicted molar refractivity (Wildman–Crippen MR) is 77.7 cm³/mol. The zero-order valence-corrected chi connectivity index (χ0v) is 11.9. The largest absolute Gasteiger partial charge is 0.357 e. The second-order valence-corrected chi connectivity index (χ2v) is 5.57. The standard InChI is InChI=1S/C14H23N5/c1-11-9-13(17-14(15-2)16-11)19-8-5-12(10-19)18-6-3-4-7-18/h9,12H,3-8,10H2,1-2H3,(H,15,16,17). The highest BCUT2D eigenvalue weighted by Gasteiger charge is 2.30. The third-order valence-corrected chi connectivity index (χ3v) is 4.21. The number of aryl methyl sites for hydroxylation is 1. The Kier molecular flexibility index (Phi) is 3.55. The van der Waals surface area contributed by atoms with Crippen LogP contribution >= 0.6 is 0 Å². The van der Waals surface area contributed by atoms with Crippen molar-refractivity contribution in [3.05, 3.63) is 11.8 Å². The van der Waals surface area contributed by atoms with Crippen LogP contribution in [-0.2, 0) is 0 Å². The van der Waals surface area contributed by atoms with Crippen LogP contribution in [-0.4, -0.2) is 54.1 Å². The van der Waals surface area contributed by atoms with Gasteiger partial charge >= 0.3 is 0 Å². The van der Waals surface area contributed by atoms with Gasteiger partial charge < -0.3 is 10.2 Å². The molecule has 0 aliphatic carbocycles. The molecule has 0 aromatic carbocycles. The lowest BCUT2D eigenvalue weighted by Crippen LogP contribution is -2.35. The Hall–Kier alpha value is -1.36. The average molecular weight is 261 g/mol. The Bertz CT molecular complexity index is 441. The van der Waals surface area contributed by atoms with Crippen molar-refractivity contribution in [3.63, 3.8) is 0 Å². The van der Waals surface area contributed by atoms with E-state index in [1.807, 2.05) is 14.0 Å². The minimum absolute atomic E-state index is 0.718. The number of rotatable bonds is 3. The summed E-state index contributed by atoms with van der Waals surface area (Å²) in [6.07, 6.45) is 4.00. The molecule has 0 saturated carbocycles. The molecule has 19 heavy (non-hydrogen) atoms. The first-order valence-corrected chi connectivity index (χ1v) is 7.28. The molecule has 0 amide bonds. The number of aromatic nitrogens is 2. The average Bonchev–Trinajstić information content (AvgIpc) is 3.08. The smallest absolute Gasteiger partial charge is 0.224 e. The Morgan fingerprint density at radius 1 is 1.21 bits per heavy atom. The first-order chi connectivity index (χ1) is 9.26. The van der Waals surface area contributed by atoms with E-state index in [9.17, 15) is 0 Å². The maximum absolute atomic E-state index is 4.58. The highest BCUT2D eigenvalue weighted by molar-refractivity contribution is 5.45. The second-order valence-electron chi connectivity index (χ2n) is 5.57. The molecule has 3 heterocycles. The minimum Gasteiger partial charge on any atom is -0.357 e. The van der Waals surface area contributed by atoms with Crippen molar-refractivity contribution < 1.29 is 0 Å². The van der Waals surface area contributed by atoms with Crippen LogP contribution in [0, 0.1) is 6.92 Å². The lowest BCUT2D eigenvalue weighted by Gasteiger charge is -2.24. The summed E-state index contributed by atoms with van der Waals surface area (Å²) in [5.74, 6) is 1.79. The Morgan fingerprint density at radius 3 is 2.74 bits per heavy atom. The zero-order valence-electron chi connectivity index (χ0n) is 11.9.